The van der Waals surface area contributed by atoms with E-state index in [0.29, 0.717) is 17.7 Å². The largest absolute Gasteiger partial charge is 0.384 e. The van der Waals surface area contributed by atoms with Gasteiger partial charge in [0.25, 0.3) is 0 Å². The van der Waals surface area contributed by atoms with Crippen LogP contribution in [0.2, 0.25) is 0 Å². The average Bonchev–Trinajstić information content (AvgIpc) is 2.25. The summed E-state index contributed by atoms with van der Waals surface area (Å²) in [7, 11) is 0. The number of nitrogens with zero attached hydrogens (tertiary/aromatic N) is 2. The molecule has 0 saturated heterocycles. The van der Waals surface area contributed by atoms with Gasteiger partial charge in [0, 0.05) is 17.7 Å². The third-order valence-electron chi connectivity index (χ3n) is 2.47. The van der Waals surface area contributed by atoms with E-state index < -0.39 is 0 Å². The molecule has 3 nitrogen and oxygen atoms in total. The molecule has 0 aromatic carbocycles. The van der Waals surface area contributed by atoms with Gasteiger partial charge in [-0.1, -0.05) is 34.1 Å². The number of aromatic nitrogens is 2. The summed E-state index contributed by atoms with van der Waals surface area (Å²) in [6.07, 6.45) is 1.20. The molecule has 1 aromatic heterocycles. The van der Waals surface area contributed by atoms with Crippen LogP contribution in [0.15, 0.2) is 11.1 Å². The van der Waals surface area contributed by atoms with Crippen LogP contribution in [-0.2, 0) is 0 Å². The molecule has 1 atom stereocenters. The molecule has 2 N–H and O–H groups in total. The Bertz CT molecular complexity index is 339. The van der Waals surface area contributed by atoms with E-state index in [4.69, 9.17) is 5.73 Å². The van der Waals surface area contributed by atoms with Gasteiger partial charge in [0.15, 0.2) is 0 Å². The Kier molecular flexibility index (Phi) is 5.06. The highest BCUT2D eigenvalue weighted by Gasteiger charge is 2.08. The Morgan fingerprint density at radius 1 is 1.31 bits per heavy atom. The lowest BCUT2D eigenvalue weighted by Gasteiger charge is -2.10. The maximum atomic E-state index is 5.77. The minimum Gasteiger partial charge on any atom is -0.384 e. The Morgan fingerprint density at radius 2 is 2.00 bits per heavy atom. The van der Waals surface area contributed by atoms with Gasteiger partial charge in [0.1, 0.15) is 16.7 Å². The third kappa shape index (κ3) is 4.00. The maximum Gasteiger partial charge on any atom is 0.134 e. The molecule has 1 heterocycles. The molecule has 1 unspecified atom stereocenters. The molecule has 1 aromatic rings. The van der Waals surface area contributed by atoms with E-state index in [2.05, 4.69) is 37.7 Å². The van der Waals surface area contributed by atoms with E-state index in [1.165, 1.54) is 6.42 Å². The molecule has 90 valence electrons. The fraction of sp³-hybridized carbons (Fsp3) is 0.667. The highest BCUT2D eigenvalue weighted by atomic mass is 32.2. The van der Waals surface area contributed by atoms with Crippen molar-refractivity contribution in [2.45, 2.75) is 45.1 Å². The van der Waals surface area contributed by atoms with Gasteiger partial charge in [-0.3, -0.25) is 0 Å². The second-order valence-electron chi connectivity index (χ2n) is 4.47. The number of thioether (sulfide) groups is 1. The Hall–Kier alpha value is -0.770. The third-order valence-corrected chi connectivity index (χ3v) is 3.71. The monoisotopic (exact) mass is 239 g/mol. The SMILES string of the molecule is CCC(C)CSc1cc(N)nc(C(C)C)n1. The zero-order valence-corrected chi connectivity index (χ0v) is 11.3. The van der Waals surface area contributed by atoms with E-state index in [0.717, 1.165) is 16.6 Å². The van der Waals surface area contributed by atoms with Gasteiger partial charge < -0.3 is 5.73 Å². The van der Waals surface area contributed by atoms with Crippen molar-refractivity contribution in [3.8, 4) is 0 Å². The van der Waals surface area contributed by atoms with E-state index in [9.17, 15) is 0 Å². The minimum absolute atomic E-state index is 0.325. The number of nitrogens with two attached hydrogens (primary N) is 1. The number of nitrogen functional groups attached to an aromatic ring is 1. The average molecular weight is 239 g/mol. The van der Waals surface area contributed by atoms with Crippen LogP contribution in [-0.4, -0.2) is 15.7 Å². The van der Waals surface area contributed by atoms with Crippen LogP contribution < -0.4 is 5.73 Å². The molecule has 0 saturated carbocycles. The first-order chi connectivity index (χ1) is 7.52. The van der Waals surface area contributed by atoms with Crippen LogP contribution in [0.5, 0.6) is 0 Å². The van der Waals surface area contributed by atoms with Crippen molar-refractivity contribution in [3.63, 3.8) is 0 Å². The number of anilines is 1. The summed E-state index contributed by atoms with van der Waals surface area (Å²) < 4.78 is 0. The van der Waals surface area contributed by atoms with Crippen LogP contribution in [0, 0.1) is 5.92 Å². The molecule has 16 heavy (non-hydrogen) atoms. The van der Waals surface area contributed by atoms with Gasteiger partial charge in [-0.2, -0.15) is 0 Å². The second kappa shape index (κ2) is 6.09. The molecule has 0 fully saturated rings. The predicted octanol–water partition coefficient (Wildman–Crippen LogP) is 3.32. The Balaban J connectivity index is 2.72. The molecular formula is C12H21N3S. The molecule has 0 aliphatic rings. The molecule has 0 aliphatic heterocycles. The summed E-state index contributed by atoms with van der Waals surface area (Å²) in [5.41, 5.74) is 5.77. The topological polar surface area (TPSA) is 51.8 Å². The Labute approximate surface area is 102 Å². The van der Waals surface area contributed by atoms with Crippen molar-refractivity contribution >= 4 is 17.6 Å². The van der Waals surface area contributed by atoms with E-state index in [1.807, 2.05) is 6.07 Å². The smallest absolute Gasteiger partial charge is 0.134 e. The number of hydrogen-bond acceptors (Lipinski definition) is 4. The van der Waals surface area contributed by atoms with Crippen LogP contribution in [0.1, 0.15) is 45.9 Å². The summed E-state index contributed by atoms with van der Waals surface area (Å²) >= 11 is 1.77. The van der Waals surface area contributed by atoms with Crippen molar-refractivity contribution in [2.75, 3.05) is 11.5 Å². The number of hydrogen-bond donors (Lipinski definition) is 1. The quantitative estimate of drug-likeness (QED) is 0.632. The summed E-state index contributed by atoms with van der Waals surface area (Å²) in [4.78, 5) is 8.75. The number of rotatable bonds is 5. The van der Waals surface area contributed by atoms with Crippen molar-refractivity contribution in [1.29, 1.82) is 0 Å². The van der Waals surface area contributed by atoms with Gasteiger partial charge in [0.05, 0.1) is 0 Å². The van der Waals surface area contributed by atoms with Gasteiger partial charge in [0.2, 0.25) is 0 Å². The van der Waals surface area contributed by atoms with Crippen molar-refractivity contribution in [3.05, 3.63) is 11.9 Å². The summed E-state index contributed by atoms with van der Waals surface area (Å²) in [5, 5.41) is 0.997. The normalized spacial score (nSPS) is 13.1. The standard InChI is InChI=1S/C12H21N3S/c1-5-9(4)7-16-11-6-10(13)14-12(15-11)8(2)3/h6,8-9H,5,7H2,1-4H3,(H2,13,14,15). The van der Waals surface area contributed by atoms with E-state index in [1.54, 1.807) is 11.8 Å². The first-order valence-corrected chi connectivity index (χ1v) is 6.78. The second-order valence-corrected chi connectivity index (χ2v) is 5.51. The van der Waals surface area contributed by atoms with Crippen LogP contribution >= 0.6 is 11.8 Å². The first-order valence-electron chi connectivity index (χ1n) is 5.80. The van der Waals surface area contributed by atoms with Crippen molar-refractivity contribution < 1.29 is 0 Å². The molecule has 0 aliphatic carbocycles. The lowest BCUT2D eigenvalue weighted by Crippen LogP contribution is -2.03. The van der Waals surface area contributed by atoms with Gasteiger partial charge >= 0.3 is 0 Å². The molecular weight excluding hydrogens is 218 g/mol. The minimum atomic E-state index is 0.325. The van der Waals surface area contributed by atoms with Crippen LogP contribution in [0.4, 0.5) is 5.82 Å². The fourth-order valence-corrected chi connectivity index (χ4v) is 2.19. The lowest BCUT2D eigenvalue weighted by atomic mass is 10.2. The predicted molar refractivity (Wildman–Crippen MR) is 70.7 cm³/mol. The maximum absolute atomic E-state index is 5.77. The highest BCUT2D eigenvalue weighted by Crippen LogP contribution is 2.23. The Morgan fingerprint density at radius 3 is 2.56 bits per heavy atom. The zero-order chi connectivity index (χ0) is 12.1. The van der Waals surface area contributed by atoms with E-state index >= 15 is 0 Å². The molecule has 0 radical (unpaired) electrons. The molecule has 1 rings (SSSR count). The van der Waals surface area contributed by atoms with Gasteiger partial charge in [-0.05, 0) is 5.92 Å². The van der Waals surface area contributed by atoms with E-state index in [-0.39, 0.29) is 0 Å². The van der Waals surface area contributed by atoms with Crippen molar-refractivity contribution in [1.82, 2.24) is 9.97 Å². The zero-order valence-electron chi connectivity index (χ0n) is 10.5. The lowest BCUT2D eigenvalue weighted by molar-refractivity contribution is 0.636. The van der Waals surface area contributed by atoms with Crippen molar-refractivity contribution in [2.24, 2.45) is 5.92 Å². The molecule has 0 spiro atoms. The van der Waals surface area contributed by atoms with Gasteiger partial charge in [-0.15, -0.1) is 11.8 Å². The van der Waals surface area contributed by atoms with Gasteiger partial charge in [-0.25, -0.2) is 9.97 Å². The molecule has 0 amide bonds. The van der Waals surface area contributed by atoms with Crippen LogP contribution in [0.25, 0.3) is 0 Å². The summed E-state index contributed by atoms with van der Waals surface area (Å²) in [5.74, 6) is 3.54. The van der Waals surface area contributed by atoms with Crippen LogP contribution in [0.3, 0.4) is 0 Å². The first kappa shape index (κ1) is 13.3. The summed E-state index contributed by atoms with van der Waals surface area (Å²) in [6.45, 7) is 8.62. The highest BCUT2D eigenvalue weighted by molar-refractivity contribution is 7.99. The fourth-order valence-electron chi connectivity index (χ4n) is 1.14. The molecule has 0 bridgehead atoms. The summed E-state index contributed by atoms with van der Waals surface area (Å²) in [6, 6.07) is 1.86. The molecule has 4 heteroatoms.